The minimum atomic E-state index is -1.00. The van der Waals surface area contributed by atoms with E-state index in [1.165, 1.54) is 63.5 Å². The van der Waals surface area contributed by atoms with Gasteiger partial charge in [0.2, 0.25) is 11.8 Å². The van der Waals surface area contributed by atoms with Crippen molar-refractivity contribution in [1.82, 2.24) is 5.32 Å². The van der Waals surface area contributed by atoms with E-state index in [0.717, 1.165) is 19.3 Å². The first-order chi connectivity index (χ1) is 17.3. The van der Waals surface area contributed by atoms with E-state index in [-0.39, 0.29) is 25.7 Å². The van der Waals surface area contributed by atoms with Gasteiger partial charge >= 0.3 is 11.9 Å². The van der Waals surface area contributed by atoms with Gasteiger partial charge in [0.25, 0.3) is 0 Å². The van der Waals surface area contributed by atoms with Crippen molar-refractivity contribution in [3.05, 3.63) is 24.3 Å². The number of carboxylic acids is 1. The molecule has 0 heterocycles. The quantitative estimate of drug-likeness (QED) is 0.0737. The highest BCUT2D eigenvalue weighted by Gasteiger charge is 2.25. The molecule has 0 aliphatic heterocycles. The standard InChI is InChI=1S/C28H48N2O6/c1-3-5-7-8-9-10-11-12-13-14-16-18-23(22-25(29)31)36-28(35)24(19-17-21-27(33)34)30-26(32)20-15-6-4-2/h4,6,15,20,23-24H,3,5,7-14,16-19,21-22H2,1-2H3,(H2,29,31)(H,30,32)(H,33,34)/b6-4+,20-15+/t23-,24-/m0/s1. The molecule has 0 aromatic carbocycles. The summed E-state index contributed by atoms with van der Waals surface area (Å²) in [5.41, 5.74) is 5.36. The van der Waals surface area contributed by atoms with E-state index < -0.39 is 35.9 Å². The van der Waals surface area contributed by atoms with Crippen LogP contribution in [0, 0.1) is 0 Å². The molecule has 8 heteroatoms. The molecular weight excluding hydrogens is 460 g/mol. The summed E-state index contributed by atoms with van der Waals surface area (Å²) in [7, 11) is 0. The molecule has 2 atom stereocenters. The Bertz CT molecular complexity index is 690. The lowest BCUT2D eigenvalue weighted by molar-refractivity contribution is -0.154. The number of hydrogen-bond acceptors (Lipinski definition) is 5. The van der Waals surface area contributed by atoms with Gasteiger partial charge in [0.05, 0.1) is 6.42 Å². The van der Waals surface area contributed by atoms with E-state index in [2.05, 4.69) is 12.2 Å². The third-order valence-corrected chi connectivity index (χ3v) is 5.88. The fourth-order valence-electron chi connectivity index (χ4n) is 3.89. The summed E-state index contributed by atoms with van der Waals surface area (Å²) in [6.45, 7) is 4.03. The molecule has 0 aliphatic rings. The molecule has 0 radical (unpaired) electrons. The topological polar surface area (TPSA) is 136 Å². The first-order valence-electron chi connectivity index (χ1n) is 13.6. The second-order valence-electron chi connectivity index (χ2n) is 9.29. The van der Waals surface area contributed by atoms with Crippen LogP contribution in [0.15, 0.2) is 24.3 Å². The van der Waals surface area contributed by atoms with Crippen molar-refractivity contribution in [2.24, 2.45) is 5.73 Å². The SMILES string of the molecule is C/C=C/C=C/C(=O)N[C@@H](CCCC(=O)O)C(=O)O[C@@H](CCCCCCCCCCCCC)CC(N)=O. The van der Waals surface area contributed by atoms with E-state index in [1.807, 2.05) is 6.92 Å². The van der Waals surface area contributed by atoms with Crippen molar-refractivity contribution in [2.75, 3.05) is 0 Å². The largest absolute Gasteiger partial charge is 0.481 e. The molecule has 0 aromatic rings. The van der Waals surface area contributed by atoms with Crippen molar-refractivity contribution in [1.29, 1.82) is 0 Å². The zero-order chi connectivity index (χ0) is 27.0. The number of nitrogens with one attached hydrogen (secondary N) is 1. The molecule has 36 heavy (non-hydrogen) atoms. The number of allylic oxidation sites excluding steroid dienone is 3. The Morgan fingerprint density at radius 2 is 1.44 bits per heavy atom. The van der Waals surface area contributed by atoms with Gasteiger partial charge in [-0.1, -0.05) is 89.4 Å². The van der Waals surface area contributed by atoms with Crippen LogP contribution in [0.4, 0.5) is 0 Å². The highest BCUT2D eigenvalue weighted by molar-refractivity contribution is 5.91. The Labute approximate surface area is 217 Å². The van der Waals surface area contributed by atoms with Gasteiger partial charge in [-0.3, -0.25) is 14.4 Å². The monoisotopic (exact) mass is 508 g/mol. The summed E-state index contributed by atoms with van der Waals surface area (Å²) in [4.78, 5) is 47.3. The summed E-state index contributed by atoms with van der Waals surface area (Å²) >= 11 is 0. The van der Waals surface area contributed by atoms with E-state index in [0.29, 0.717) is 6.42 Å². The summed E-state index contributed by atoms with van der Waals surface area (Å²) in [5, 5.41) is 11.5. The molecule has 206 valence electrons. The minimum Gasteiger partial charge on any atom is -0.481 e. The summed E-state index contributed by atoms with van der Waals surface area (Å²) < 4.78 is 5.56. The van der Waals surface area contributed by atoms with E-state index in [1.54, 1.807) is 12.2 Å². The molecule has 0 saturated carbocycles. The molecule has 8 nitrogen and oxygen atoms in total. The predicted molar refractivity (Wildman–Crippen MR) is 142 cm³/mol. The second-order valence-corrected chi connectivity index (χ2v) is 9.29. The van der Waals surface area contributed by atoms with Crippen LogP contribution in [0.25, 0.3) is 0 Å². The maximum absolute atomic E-state index is 12.8. The number of rotatable bonds is 23. The molecule has 0 unspecified atom stereocenters. The Hall–Kier alpha value is -2.64. The number of hydrogen-bond donors (Lipinski definition) is 3. The van der Waals surface area contributed by atoms with E-state index >= 15 is 0 Å². The first-order valence-corrected chi connectivity index (χ1v) is 13.6. The summed E-state index contributed by atoms with van der Waals surface area (Å²) in [6.07, 6.45) is 19.3. The van der Waals surface area contributed by atoms with E-state index in [4.69, 9.17) is 15.6 Å². The van der Waals surface area contributed by atoms with Crippen molar-refractivity contribution in [3.63, 3.8) is 0 Å². The average molecular weight is 509 g/mol. The number of aliphatic carboxylic acids is 1. The number of primary amides is 1. The Balaban J connectivity index is 4.64. The molecule has 0 spiro atoms. The lowest BCUT2D eigenvalue weighted by atomic mass is 10.0. The van der Waals surface area contributed by atoms with Crippen molar-refractivity contribution < 1.29 is 29.0 Å². The van der Waals surface area contributed by atoms with Crippen LogP contribution in [0.1, 0.15) is 117 Å². The molecule has 0 aliphatic carbocycles. The number of carbonyl (C=O) groups is 4. The molecular formula is C28H48N2O6. The van der Waals surface area contributed by atoms with Gasteiger partial charge in [-0.05, 0) is 32.6 Å². The van der Waals surface area contributed by atoms with Crippen molar-refractivity contribution in [2.45, 2.75) is 129 Å². The maximum atomic E-state index is 12.8. The molecule has 0 rings (SSSR count). The Morgan fingerprint density at radius 1 is 0.861 bits per heavy atom. The Morgan fingerprint density at radius 3 is 1.97 bits per heavy atom. The number of carboxylic acid groups (broad SMARTS) is 1. The zero-order valence-electron chi connectivity index (χ0n) is 22.3. The normalized spacial score (nSPS) is 13.1. The third-order valence-electron chi connectivity index (χ3n) is 5.88. The first kappa shape index (κ1) is 33.4. The van der Waals surface area contributed by atoms with Gasteiger partial charge < -0.3 is 20.9 Å². The highest BCUT2D eigenvalue weighted by Crippen LogP contribution is 2.16. The average Bonchev–Trinajstić information content (AvgIpc) is 2.81. The third kappa shape index (κ3) is 20.7. The van der Waals surface area contributed by atoms with Crippen LogP contribution in [0.2, 0.25) is 0 Å². The van der Waals surface area contributed by atoms with Crippen molar-refractivity contribution >= 4 is 23.8 Å². The lowest BCUT2D eigenvalue weighted by Gasteiger charge is -2.22. The number of unbranched alkanes of at least 4 members (excludes halogenated alkanes) is 10. The second kappa shape index (κ2) is 22.8. The van der Waals surface area contributed by atoms with Gasteiger partial charge in [0.15, 0.2) is 0 Å². The zero-order valence-corrected chi connectivity index (χ0v) is 22.3. The van der Waals surface area contributed by atoms with Crippen LogP contribution < -0.4 is 11.1 Å². The molecule has 0 fully saturated rings. The molecule has 0 aromatic heterocycles. The lowest BCUT2D eigenvalue weighted by Crippen LogP contribution is -2.43. The van der Waals surface area contributed by atoms with Crippen LogP contribution in [0.5, 0.6) is 0 Å². The van der Waals surface area contributed by atoms with Crippen LogP contribution in [0.3, 0.4) is 0 Å². The molecule has 0 saturated heterocycles. The van der Waals surface area contributed by atoms with Gasteiger partial charge in [0.1, 0.15) is 12.1 Å². The highest BCUT2D eigenvalue weighted by atomic mass is 16.5. The smallest absolute Gasteiger partial charge is 0.328 e. The van der Waals surface area contributed by atoms with Crippen LogP contribution in [-0.2, 0) is 23.9 Å². The molecule has 0 bridgehead atoms. The number of nitrogens with two attached hydrogens (primary N) is 1. The van der Waals surface area contributed by atoms with Gasteiger partial charge in [0, 0.05) is 12.5 Å². The number of amides is 2. The summed E-state index contributed by atoms with van der Waals surface area (Å²) in [6, 6.07) is -1.00. The van der Waals surface area contributed by atoms with E-state index in [9.17, 15) is 19.2 Å². The molecule has 4 N–H and O–H groups in total. The van der Waals surface area contributed by atoms with Gasteiger partial charge in [-0.2, -0.15) is 0 Å². The van der Waals surface area contributed by atoms with Gasteiger partial charge in [-0.25, -0.2) is 4.79 Å². The number of carbonyl (C=O) groups excluding carboxylic acids is 3. The van der Waals surface area contributed by atoms with Crippen LogP contribution in [-0.4, -0.2) is 41.0 Å². The molecule has 2 amide bonds. The maximum Gasteiger partial charge on any atom is 0.328 e. The fraction of sp³-hybridized carbons (Fsp3) is 0.714. The predicted octanol–water partition coefficient (Wildman–Crippen LogP) is 5.35. The van der Waals surface area contributed by atoms with Gasteiger partial charge in [-0.15, -0.1) is 0 Å². The summed E-state index contributed by atoms with van der Waals surface area (Å²) in [5.74, 6) is -2.70. The minimum absolute atomic E-state index is 0.0828. The number of ether oxygens (including phenoxy) is 1. The Kier molecular flexibility index (Phi) is 21.1. The fourth-order valence-corrected chi connectivity index (χ4v) is 3.89. The number of esters is 1. The van der Waals surface area contributed by atoms with Crippen molar-refractivity contribution in [3.8, 4) is 0 Å². The van der Waals surface area contributed by atoms with Crippen LogP contribution >= 0.6 is 0 Å².